The molecule has 0 spiro atoms. The molecular formula is C19H19F2N5O5. The second-order valence-electron chi connectivity index (χ2n) is 6.92. The summed E-state index contributed by atoms with van der Waals surface area (Å²) < 4.78 is 40.9. The molecule has 2 aromatic rings. The average molecular weight is 435 g/mol. The number of benzene rings is 1. The van der Waals surface area contributed by atoms with Crippen LogP contribution in [0.3, 0.4) is 0 Å². The number of alkyl halides is 2. The highest BCUT2D eigenvalue weighted by molar-refractivity contribution is 5.80. The van der Waals surface area contributed by atoms with Crippen LogP contribution in [0.1, 0.15) is 19.8 Å². The van der Waals surface area contributed by atoms with Gasteiger partial charge < -0.3 is 24.4 Å². The van der Waals surface area contributed by atoms with Crippen molar-refractivity contribution in [2.75, 3.05) is 29.9 Å². The molecule has 31 heavy (non-hydrogen) atoms. The zero-order valence-electron chi connectivity index (χ0n) is 16.5. The molecule has 164 valence electrons. The van der Waals surface area contributed by atoms with Gasteiger partial charge in [-0.15, -0.1) is 13.7 Å². The van der Waals surface area contributed by atoms with Crippen molar-refractivity contribution in [3.8, 4) is 11.5 Å². The Labute approximate surface area is 175 Å². The lowest BCUT2D eigenvalue weighted by atomic mass is 9.97. The summed E-state index contributed by atoms with van der Waals surface area (Å²) in [5, 5.41) is 5.86. The van der Waals surface area contributed by atoms with E-state index in [1.807, 2.05) is 4.90 Å². The fraction of sp³-hybridized carbons (Fsp3) is 0.421. The van der Waals surface area contributed by atoms with Gasteiger partial charge in [0.25, 0.3) is 0 Å². The molecule has 0 bridgehead atoms. The SMILES string of the molecule is CCOC(=O)C1CCN(c2ncnc(Nc3cccc4c3OC(F)(F)O4)c2N=O)CC1. The van der Waals surface area contributed by atoms with E-state index >= 15 is 0 Å². The van der Waals surface area contributed by atoms with Crippen LogP contribution in [0.2, 0.25) is 0 Å². The van der Waals surface area contributed by atoms with Crippen LogP contribution in [0.4, 0.5) is 31.8 Å². The van der Waals surface area contributed by atoms with Gasteiger partial charge in [0.1, 0.15) is 6.33 Å². The van der Waals surface area contributed by atoms with Gasteiger partial charge in [0, 0.05) is 13.1 Å². The van der Waals surface area contributed by atoms with Crippen molar-refractivity contribution in [1.29, 1.82) is 0 Å². The summed E-state index contributed by atoms with van der Waals surface area (Å²) in [7, 11) is 0. The van der Waals surface area contributed by atoms with Crippen molar-refractivity contribution in [3.05, 3.63) is 29.4 Å². The van der Waals surface area contributed by atoms with Crippen LogP contribution < -0.4 is 19.7 Å². The smallest absolute Gasteiger partial charge is 0.466 e. The lowest BCUT2D eigenvalue weighted by molar-refractivity contribution is -0.286. The number of fused-ring (bicyclic) bond motifs is 1. The predicted molar refractivity (Wildman–Crippen MR) is 105 cm³/mol. The van der Waals surface area contributed by atoms with Crippen LogP contribution in [0.25, 0.3) is 0 Å². The summed E-state index contributed by atoms with van der Waals surface area (Å²) in [5.74, 6) is -0.498. The lowest BCUT2D eigenvalue weighted by Crippen LogP contribution is -2.37. The van der Waals surface area contributed by atoms with Crippen LogP contribution >= 0.6 is 0 Å². The molecule has 1 fully saturated rings. The fourth-order valence-electron chi connectivity index (χ4n) is 3.56. The number of esters is 1. The monoisotopic (exact) mass is 435 g/mol. The van der Waals surface area contributed by atoms with E-state index in [0.29, 0.717) is 32.5 Å². The Morgan fingerprint density at radius 1 is 1.32 bits per heavy atom. The van der Waals surface area contributed by atoms with Gasteiger partial charge in [-0.3, -0.25) is 4.79 Å². The van der Waals surface area contributed by atoms with Gasteiger partial charge in [0.05, 0.1) is 18.2 Å². The number of rotatable bonds is 6. The molecule has 0 saturated carbocycles. The number of anilines is 3. The molecule has 1 N–H and O–H groups in total. The van der Waals surface area contributed by atoms with Gasteiger partial charge >= 0.3 is 12.3 Å². The van der Waals surface area contributed by atoms with Gasteiger partial charge in [-0.1, -0.05) is 6.07 Å². The predicted octanol–water partition coefficient (Wildman–Crippen LogP) is 3.72. The number of carbonyl (C=O) groups is 1. The quantitative estimate of drug-likeness (QED) is 0.535. The van der Waals surface area contributed by atoms with E-state index < -0.39 is 6.29 Å². The van der Waals surface area contributed by atoms with Crippen LogP contribution in [0, 0.1) is 10.8 Å². The number of piperidine rings is 1. The number of halogens is 2. The molecule has 1 aromatic heterocycles. The van der Waals surface area contributed by atoms with E-state index in [9.17, 15) is 18.5 Å². The first-order valence-corrected chi connectivity index (χ1v) is 9.67. The zero-order chi connectivity index (χ0) is 22.0. The molecule has 0 aliphatic carbocycles. The van der Waals surface area contributed by atoms with Gasteiger partial charge in [-0.2, -0.15) is 0 Å². The number of hydrogen-bond acceptors (Lipinski definition) is 10. The largest absolute Gasteiger partial charge is 0.586 e. The third kappa shape index (κ3) is 4.18. The standard InChI is InChI=1S/C19H19F2N5O5/c1-2-29-18(27)11-6-8-26(9-7-11)17-14(25-28)16(22-10-23-17)24-12-4-3-5-13-15(12)31-19(20,21)30-13/h3-5,10-11H,2,6-9H2,1H3,(H,22,23,24). The maximum absolute atomic E-state index is 13.4. The van der Waals surface area contributed by atoms with Gasteiger partial charge in [-0.05, 0) is 37.1 Å². The molecule has 1 aromatic carbocycles. The van der Waals surface area contributed by atoms with Gasteiger partial charge in [0.15, 0.2) is 28.8 Å². The molecule has 0 atom stereocenters. The van der Waals surface area contributed by atoms with Crippen molar-refractivity contribution < 1.29 is 27.8 Å². The van der Waals surface area contributed by atoms with Crippen LogP contribution in [0.5, 0.6) is 11.5 Å². The van der Waals surface area contributed by atoms with Crippen molar-refractivity contribution in [2.24, 2.45) is 11.1 Å². The van der Waals surface area contributed by atoms with E-state index in [0.717, 1.165) is 0 Å². The maximum atomic E-state index is 13.4. The minimum absolute atomic E-state index is 0.0275. The molecule has 0 unspecified atom stereocenters. The fourth-order valence-corrected chi connectivity index (χ4v) is 3.56. The minimum Gasteiger partial charge on any atom is -0.466 e. The van der Waals surface area contributed by atoms with E-state index in [1.165, 1.54) is 24.5 Å². The summed E-state index contributed by atoms with van der Waals surface area (Å²) in [6, 6.07) is 4.30. The lowest BCUT2D eigenvalue weighted by Gasteiger charge is -2.32. The van der Waals surface area contributed by atoms with E-state index in [1.54, 1.807) is 6.92 Å². The molecule has 2 aliphatic rings. The van der Waals surface area contributed by atoms with Gasteiger partial charge in [-0.25, -0.2) is 9.97 Å². The van der Waals surface area contributed by atoms with E-state index in [-0.39, 0.29) is 46.4 Å². The van der Waals surface area contributed by atoms with E-state index in [2.05, 4.69) is 29.9 Å². The highest BCUT2D eigenvalue weighted by Gasteiger charge is 2.44. The summed E-state index contributed by atoms with van der Waals surface area (Å²) in [5.41, 5.74) is 0.0469. The molecule has 12 heteroatoms. The molecule has 3 heterocycles. The van der Waals surface area contributed by atoms with Crippen LogP contribution in [-0.2, 0) is 9.53 Å². The number of nitroso groups, excluding NO2 is 1. The Hall–Kier alpha value is -3.57. The molecule has 10 nitrogen and oxygen atoms in total. The Bertz CT molecular complexity index is 998. The second kappa shape index (κ2) is 8.28. The van der Waals surface area contributed by atoms with Crippen molar-refractivity contribution in [1.82, 2.24) is 9.97 Å². The topological polar surface area (TPSA) is 115 Å². The first-order valence-electron chi connectivity index (χ1n) is 9.67. The first kappa shape index (κ1) is 20.7. The Balaban J connectivity index is 1.55. The third-order valence-corrected chi connectivity index (χ3v) is 4.99. The minimum atomic E-state index is -3.79. The second-order valence-corrected chi connectivity index (χ2v) is 6.92. The summed E-state index contributed by atoms with van der Waals surface area (Å²) in [4.78, 5) is 33.6. The number of nitrogens with zero attached hydrogens (tertiary/aromatic N) is 4. The molecule has 2 aliphatic heterocycles. The summed E-state index contributed by atoms with van der Waals surface area (Å²) >= 11 is 0. The van der Waals surface area contributed by atoms with Gasteiger partial charge in [0.2, 0.25) is 0 Å². The first-order chi connectivity index (χ1) is 14.9. The Morgan fingerprint density at radius 2 is 2.10 bits per heavy atom. The number of carbonyl (C=O) groups excluding carboxylic acids is 1. The third-order valence-electron chi connectivity index (χ3n) is 4.99. The number of nitrogens with one attached hydrogen (secondary N) is 1. The molecule has 0 radical (unpaired) electrons. The Morgan fingerprint density at radius 3 is 2.81 bits per heavy atom. The Kier molecular flexibility index (Phi) is 5.53. The van der Waals surface area contributed by atoms with Crippen LogP contribution in [0.15, 0.2) is 29.7 Å². The number of ether oxygens (including phenoxy) is 3. The van der Waals surface area contributed by atoms with Crippen molar-refractivity contribution >= 4 is 29.0 Å². The average Bonchev–Trinajstić information content (AvgIpc) is 3.09. The molecule has 4 rings (SSSR count). The van der Waals surface area contributed by atoms with Crippen LogP contribution in [-0.4, -0.2) is 41.9 Å². The van der Waals surface area contributed by atoms with E-state index in [4.69, 9.17) is 4.74 Å². The summed E-state index contributed by atoms with van der Waals surface area (Å²) in [6.45, 7) is 3.01. The maximum Gasteiger partial charge on any atom is 0.586 e. The summed E-state index contributed by atoms with van der Waals surface area (Å²) in [6.07, 6.45) is -1.47. The number of hydrogen-bond donors (Lipinski definition) is 1. The highest BCUT2D eigenvalue weighted by Crippen LogP contribution is 2.47. The van der Waals surface area contributed by atoms with Crippen molar-refractivity contribution in [2.45, 2.75) is 26.1 Å². The normalized spacial score (nSPS) is 17.3. The zero-order valence-corrected chi connectivity index (χ0v) is 16.5. The highest BCUT2D eigenvalue weighted by atomic mass is 19.3. The molecule has 0 amide bonds. The molecule has 1 saturated heterocycles. The number of para-hydroxylation sites is 1. The molecular weight excluding hydrogens is 416 g/mol. The van der Waals surface area contributed by atoms with Crippen molar-refractivity contribution in [3.63, 3.8) is 0 Å². The number of aromatic nitrogens is 2.